The van der Waals surface area contributed by atoms with Gasteiger partial charge >= 0.3 is 23.9 Å². The topological polar surface area (TPSA) is 116 Å². The van der Waals surface area contributed by atoms with E-state index in [1.807, 2.05) is 20.8 Å². The van der Waals surface area contributed by atoms with Gasteiger partial charge in [-0.2, -0.15) is 0 Å². The number of carboxylic acids is 1. The summed E-state index contributed by atoms with van der Waals surface area (Å²) in [5.41, 5.74) is -2.14. The minimum Gasteiger partial charge on any atom is -0.479 e. The lowest BCUT2D eigenvalue weighted by Gasteiger charge is -2.35. The normalized spacial score (nSPS) is 13.9. The van der Waals surface area contributed by atoms with E-state index in [-0.39, 0.29) is 26.1 Å². The lowest BCUT2D eigenvalue weighted by atomic mass is 9.80. The highest BCUT2D eigenvalue weighted by molar-refractivity contribution is 5.93. The molecule has 0 spiro atoms. The minimum absolute atomic E-state index is 0.0270. The van der Waals surface area contributed by atoms with Crippen LogP contribution in [0.15, 0.2) is 0 Å². The molecule has 0 radical (unpaired) electrons. The summed E-state index contributed by atoms with van der Waals surface area (Å²) in [7, 11) is 0. The van der Waals surface area contributed by atoms with Crippen LogP contribution in [-0.4, -0.2) is 47.8 Å². The molecule has 0 aliphatic rings. The summed E-state index contributed by atoms with van der Waals surface area (Å²) < 4.78 is 15.6. The second-order valence-electron chi connectivity index (χ2n) is 6.99. The number of rotatable bonds is 16. The van der Waals surface area contributed by atoms with Crippen molar-refractivity contribution < 1.29 is 38.5 Å². The highest BCUT2D eigenvalue weighted by Gasteiger charge is 2.53. The molecule has 0 saturated carbocycles. The molecule has 0 heterocycles. The molecule has 0 bridgehead atoms. The average molecular weight is 417 g/mol. The van der Waals surface area contributed by atoms with E-state index in [2.05, 4.69) is 4.74 Å². The molecular formula is C21H36O8. The molecule has 0 fully saturated rings. The third-order valence-electron chi connectivity index (χ3n) is 4.58. The maximum absolute atomic E-state index is 12.8. The number of hydrogen-bond donors (Lipinski definition) is 1. The predicted octanol–water partition coefficient (Wildman–Crippen LogP) is 3.65. The Kier molecular flexibility index (Phi) is 13.9. The molecule has 8 nitrogen and oxygen atoms in total. The Labute approximate surface area is 173 Å². The minimum atomic E-state index is -2.14. The molecule has 0 amide bonds. The molecule has 0 rings (SSSR count). The fourth-order valence-corrected chi connectivity index (χ4v) is 2.78. The Hall–Kier alpha value is -1.96. The van der Waals surface area contributed by atoms with Gasteiger partial charge in [-0.15, -0.1) is 0 Å². The van der Waals surface area contributed by atoms with Crippen molar-refractivity contribution in [2.24, 2.45) is 5.92 Å². The molecule has 0 aliphatic heterocycles. The molecule has 2 unspecified atom stereocenters. The van der Waals surface area contributed by atoms with Crippen LogP contribution in [0.2, 0.25) is 0 Å². The van der Waals surface area contributed by atoms with Crippen molar-refractivity contribution >= 4 is 23.9 Å². The summed E-state index contributed by atoms with van der Waals surface area (Å²) in [6, 6.07) is 0. The number of carboxylic acid groups (broad SMARTS) is 1. The van der Waals surface area contributed by atoms with Gasteiger partial charge in [-0.05, 0) is 19.3 Å². The van der Waals surface area contributed by atoms with Crippen molar-refractivity contribution in [3.63, 3.8) is 0 Å². The van der Waals surface area contributed by atoms with Crippen molar-refractivity contribution in [2.75, 3.05) is 13.2 Å². The lowest BCUT2D eigenvalue weighted by Crippen LogP contribution is -2.54. The lowest BCUT2D eigenvalue weighted by molar-refractivity contribution is -0.193. The Balaban J connectivity index is 5.87. The van der Waals surface area contributed by atoms with Crippen LogP contribution in [0.25, 0.3) is 0 Å². The van der Waals surface area contributed by atoms with Gasteiger partial charge < -0.3 is 19.3 Å². The van der Waals surface area contributed by atoms with Gasteiger partial charge in [0.25, 0.3) is 0 Å². The van der Waals surface area contributed by atoms with E-state index in [4.69, 9.17) is 9.47 Å². The largest absolute Gasteiger partial charge is 0.479 e. The molecule has 8 heteroatoms. The molecule has 168 valence electrons. The van der Waals surface area contributed by atoms with Crippen molar-refractivity contribution in [2.45, 2.75) is 91.1 Å². The Morgan fingerprint density at radius 3 is 1.97 bits per heavy atom. The Morgan fingerprint density at radius 2 is 1.45 bits per heavy atom. The zero-order valence-corrected chi connectivity index (χ0v) is 18.2. The van der Waals surface area contributed by atoms with E-state index in [9.17, 15) is 24.3 Å². The van der Waals surface area contributed by atoms with Crippen LogP contribution in [0.1, 0.15) is 85.5 Å². The van der Waals surface area contributed by atoms with E-state index < -0.39 is 41.8 Å². The second kappa shape index (κ2) is 15.0. The summed E-state index contributed by atoms with van der Waals surface area (Å²) in [5, 5.41) is 10.0. The molecule has 0 aliphatic carbocycles. The molecule has 29 heavy (non-hydrogen) atoms. The molecular weight excluding hydrogens is 380 g/mol. The van der Waals surface area contributed by atoms with Gasteiger partial charge in [0.05, 0.1) is 18.9 Å². The first kappa shape index (κ1) is 27.0. The SMILES string of the molecule is CCCCOC(=O)C(CCCC)C(CC(=O)OC(=O)CC)(OCCCC)C(=O)O. The number of hydrogen-bond acceptors (Lipinski definition) is 7. The van der Waals surface area contributed by atoms with E-state index >= 15 is 0 Å². The maximum Gasteiger partial charge on any atom is 0.337 e. The van der Waals surface area contributed by atoms with E-state index in [1.54, 1.807) is 0 Å². The van der Waals surface area contributed by atoms with Crippen molar-refractivity contribution in [3.8, 4) is 0 Å². The first-order valence-electron chi connectivity index (χ1n) is 10.6. The number of unbranched alkanes of at least 4 members (excludes halogenated alkanes) is 3. The summed E-state index contributed by atoms with van der Waals surface area (Å²) in [4.78, 5) is 48.9. The fraction of sp³-hybridized carbons (Fsp3) is 0.810. The van der Waals surface area contributed by atoms with Crippen LogP contribution in [-0.2, 0) is 33.4 Å². The van der Waals surface area contributed by atoms with Gasteiger partial charge in [-0.3, -0.25) is 14.4 Å². The van der Waals surface area contributed by atoms with Crippen LogP contribution in [0.4, 0.5) is 0 Å². The summed E-state index contributed by atoms with van der Waals surface area (Å²) >= 11 is 0. The first-order chi connectivity index (χ1) is 13.8. The van der Waals surface area contributed by atoms with Crippen LogP contribution in [0.3, 0.4) is 0 Å². The van der Waals surface area contributed by atoms with Crippen molar-refractivity contribution in [1.82, 2.24) is 0 Å². The predicted molar refractivity (Wildman–Crippen MR) is 106 cm³/mol. The molecule has 1 N–H and O–H groups in total. The highest BCUT2D eigenvalue weighted by Crippen LogP contribution is 2.33. The van der Waals surface area contributed by atoms with Crippen LogP contribution < -0.4 is 0 Å². The van der Waals surface area contributed by atoms with Crippen molar-refractivity contribution in [3.05, 3.63) is 0 Å². The van der Waals surface area contributed by atoms with Gasteiger partial charge in [0, 0.05) is 13.0 Å². The zero-order chi connectivity index (χ0) is 22.3. The smallest absolute Gasteiger partial charge is 0.337 e. The number of aliphatic carboxylic acids is 1. The summed E-state index contributed by atoms with van der Waals surface area (Å²) in [6.45, 7) is 7.51. The molecule has 2 atom stereocenters. The van der Waals surface area contributed by atoms with E-state index in [0.717, 1.165) is 19.3 Å². The molecule has 0 saturated heterocycles. The van der Waals surface area contributed by atoms with Gasteiger partial charge in [-0.1, -0.05) is 53.4 Å². The molecule has 0 aromatic carbocycles. The average Bonchev–Trinajstić information content (AvgIpc) is 2.67. The van der Waals surface area contributed by atoms with Gasteiger partial charge in [-0.25, -0.2) is 4.79 Å². The van der Waals surface area contributed by atoms with Crippen LogP contribution >= 0.6 is 0 Å². The van der Waals surface area contributed by atoms with Gasteiger partial charge in [0.2, 0.25) is 0 Å². The number of carbonyl (C=O) groups is 4. The van der Waals surface area contributed by atoms with Crippen molar-refractivity contribution in [1.29, 1.82) is 0 Å². The number of carbonyl (C=O) groups excluding carboxylic acids is 3. The van der Waals surface area contributed by atoms with Crippen LogP contribution in [0, 0.1) is 5.92 Å². The maximum atomic E-state index is 12.8. The summed E-state index contributed by atoms with van der Waals surface area (Å²) in [6.07, 6.45) is 3.47. The third-order valence-corrected chi connectivity index (χ3v) is 4.58. The number of ether oxygens (including phenoxy) is 3. The Morgan fingerprint density at radius 1 is 0.862 bits per heavy atom. The fourth-order valence-electron chi connectivity index (χ4n) is 2.78. The van der Waals surface area contributed by atoms with Gasteiger partial charge in [0.1, 0.15) is 0 Å². The van der Waals surface area contributed by atoms with Crippen LogP contribution in [0.5, 0.6) is 0 Å². The van der Waals surface area contributed by atoms with E-state index in [0.29, 0.717) is 19.3 Å². The Bertz CT molecular complexity index is 531. The van der Waals surface area contributed by atoms with Gasteiger partial charge in [0.15, 0.2) is 5.60 Å². The third kappa shape index (κ3) is 9.39. The van der Waals surface area contributed by atoms with E-state index in [1.165, 1.54) is 6.92 Å². The number of esters is 3. The molecule has 0 aromatic rings. The zero-order valence-electron chi connectivity index (χ0n) is 18.2. The molecule has 0 aromatic heterocycles. The summed E-state index contributed by atoms with van der Waals surface area (Å²) in [5.74, 6) is -5.13. The quantitative estimate of drug-likeness (QED) is 0.230. The second-order valence-corrected chi connectivity index (χ2v) is 6.99. The highest BCUT2D eigenvalue weighted by atomic mass is 16.6. The standard InChI is InChI=1S/C21H36O8/c1-5-9-12-16(19(24)27-13-10-6-2)21(20(25)26,28-14-11-7-3)15-18(23)29-17(22)8-4/h16H,5-15H2,1-4H3,(H,25,26). The first-order valence-corrected chi connectivity index (χ1v) is 10.6. The monoisotopic (exact) mass is 416 g/mol.